The lowest BCUT2D eigenvalue weighted by atomic mass is 10.1. The van der Waals surface area contributed by atoms with Gasteiger partial charge in [0.1, 0.15) is 12.4 Å². The first-order valence-corrected chi connectivity index (χ1v) is 8.47. The Hall–Kier alpha value is -3.06. The van der Waals surface area contributed by atoms with Gasteiger partial charge >= 0.3 is 5.76 Å². The Morgan fingerprint density at radius 1 is 1.27 bits per heavy atom. The second-order valence-electron chi connectivity index (χ2n) is 6.12. The molecule has 1 amide bonds. The van der Waals surface area contributed by atoms with Crippen LogP contribution in [0.2, 0.25) is 0 Å². The molecule has 1 unspecified atom stereocenters. The zero-order chi connectivity index (χ0) is 17.9. The molecule has 0 bridgehead atoms. The zero-order valence-electron chi connectivity index (χ0n) is 14.0. The van der Waals surface area contributed by atoms with Crippen LogP contribution in [-0.4, -0.2) is 30.2 Å². The van der Waals surface area contributed by atoms with E-state index in [1.807, 2.05) is 6.07 Å². The van der Waals surface area contributed by atoms with Gasteiger partial charge in [-0.15, -0.1) is 0 Å². The van der Waals surface area contributed by atoms with E-state index < -0.39 is 5.76 Å². The molecule has 134 valence electrons. The Balaban J connectivity index is 1.50. The van der Waals surface area contributed by atoms with E-state index in [2.05, 4.69) is 10.3 Å². The van der Waals surface area contributed by atoms with Gasteiger partial charge in [0.05, 0.1) is 17.2 Å². The van der Waals surface area contributed by atoms with E-state index in [9.17, 15) is 9.59 Å². The van der Waals surface area contributed by atoms with E-state index >= 15 is 0 Å². The maximum atomic E-state index is 12.7. The van der Waals surface area contributed by atoms with Gasteiger partial charge in [-0.3, -0.25) is 9.78 Å². The maximum Gasteiger partial charge on any atom is 0.417 e. The summed E-state index contributed by atoms with van der Waals surface area (Å²) in [6.07, 6.45) is 2.08. The molecule has 1 aliphatic rings. The van der Waals surface area contributed by atoms with Gasteiger partial charge in [0, 0.05) is 12.3 Å². The van der Waals surface area contributed by atoms with Gasteiger partial charge in [0.2, 0.25) is 0 Å². The van der Waals surface area contributed by atoms with Crippen molar-refractivity contribution in [2.45, 2.75) is 18.9 Å². The fourth-order valence-corrected chi connectivity index (χ4v) is 2.97. The normalized spacial score (nSPS) is 16.7. The summed E-state index contributed by atoms with van der Waals surface area (Å²) in [6.45, 7) is 1.18. The molecule has 7 nitrogen and oxygen atoms in total. The average Bonchev–Trinajstić information content (AvgIpc) is 3.28. The lowest BCUT2D eigenvalue weighted by molar-refractivity contribution is 0.0673. The molecule has 0 saturated carbocycles. The summed E-state index contributed by atoms with van der Waals surface area (Å²) in [7, 11) is 0. The number of H-pyrrole nitrogens is 1. The predicted molar refractivity (Wildman–Crippen MR) is 95.7 cm³/mol. The Kier molecular flexibility index (Phi) is 4.45. The summed E-state index contributed by atoms with van der Waals surface area (Å²) < 4.78 is 16.3. The zero-order valence-corrected chi connectivity index (χ0v) is 14.0. The SMILES string of the molecule is O=C(Nc1ccc2oc(=O)[nH]c2c1)c1ccccc1OCC1CCCO1. The summed E-state index contributed by atoms with van der Waals surface area (Å²) in [5.41, 5.74) is 1.95. The van der Waals surface area contributed by atoms with Crippen molar-refractivity contribution in [2.75, 3.05) is 18.5 Å². The standard InChI is InChI=1S/C19H18N2O5/c22-18(20-12-7-8-17-15(10-12)21-19(23)26-17)14-5-1-2-6-16(14)25-11-13-4-3-9-24-13/h1-2,5-8,10,13H,3-4,9,11H2,(H,20,22)(H,21,23). The quantitative estimate of drug-likeness (QED) is 0.735. The van der Waals surface area contributed by atoms with Gasteiger partial charge in [-0.05, 0) is 43.2 Å². The minimum absolute atomic E-state index is 0.0754. The van der Waals surface area contributed by atoms with Crippen LogP contribution in [0.5, 0.6) is 5.75 Å². The van der Waals surface area contributed by atoms with Gasteiger partial charge in [-0.25, -0.2) is 4.79 Å². The minimum atomic E-state index is -0.531. The van der Waals surface area contributed by atoms with E-state index in [1.165, 1.54) is 0 Å². The van der Waals surface area contributed by atoms with E-state index in [0.717, 1.165) is 19.4 Å². The van der Waals surface area contributed by atoms with Crippen LogP contribution in [0, 0.1) is 0 Å². The van der Waals surface area contributed by atoms with Gasteiger partial charge < -0.3 is 19.2 Å². The monoisotopic (exact) mass is 354 g/mol. The average molecular weight is 354 g/mol. The molecule has 26 heavy (non-hydrogen) atoms. The number of rotatable bonds is 5. The summed E-state index contributed by atoms with van der Waals surface area (Å²) in [5.74, 6) is -0.312. The van der Waals surface area contributed by atoms with Crippen LogP contribution in [-0.2, 0) is 4.74 Å². The highest BCUT2D eigenvalue weighted by atomic mass is 16.5. The second-order valence-corrected chi connectivity index (χ2v) is 6.12. The lowest BCUT2D eigenvalue weighted by Crippen LogP contribution is -2.19. The van der Waals surface area contributed by atoms with Crippen molar-refractivity contribution >= 4 is 22.7 Å². The molecule has 1 fully saturated rings. The Bertz CT molecular complexity index is 985. The van der Waals surface area contributed by atoms with Crippen molar-refractivity contribution in [3.63, 3.8) is 0 Å². The minimum Gasteiger partial charge on any atom is -0.490 e. The number of para-hydroxylation sites is 1. The Morgan fingerprint density at radius 2 is 2.15 bits per heavy atom. The van der Waals surface area contributed by atoms with E-state index in [0.29, 0.717) is 34.7 Å². The van der Waals surface area contributed by atoms with Gasteiger partial charge in [0.15, 0.2) is 5.58 Å². The number of hydrogen-bond donors (Lipinski definition) is 2. The third-order valence-corrected chi connectivity index (χ3v) is 4.26. The number of amides is 1. The van der Waals surface area contributed by atoms with Crippen LogP contribution in [0.25, 0.3) is 11.1 Å². The number of anilines is 1. The highest BCUT2D eigenvalue weighted by Gasteiger charge is 2.18. The number of carbonyl (C=O) groups is 1. The summed E-state index contributed by atoms with van der Waals surface area (Å²) in [4.78, 5) is 26.5. The highest BCUT2D eigenvalue weighted by molar-refractivity contribution is 6.06. The topological polar surface area (TPSA) is 93.6 Å². The Labute approximate surface area is 148 Å². The number of fused-ring (bicyclic) bond motifs is 1. The molecular weight excluding hydrogens is 336 g/mol. The van der Waals surface area contributed by atoms with Crippen LogP contribution < -0.4 is 15.8 Å². The molecule has 1 aliphatic heterocycles. The number of oxazole rings is 1. The molecule has 7 heteroatoms. The molecular formula is C19H18N2O5. The highest BCUT2D eigenvalue weighted by Crippen LogP contribution is 2.23. The number of ether oxygens (including phenoxy) is 2. The number of hydrogen-bond acceptors (Lipinski definition) is 5. The van der Waals surface area contributed by atoms with E-state index in [-0.39, 0.29) is 12.0 Å². The molecule has 1 atom stereocenters. The molecule has 0 aliphatic carbocycles. The number of benzene rings is 2. The predicted octanol–water partition coefficient (Wildman–Crippen LogP) is 2.93. The second kappa shape index (κ2) is 7.05. The number of aromatic nitrogens is 1. The van der Waals surface area contributed by atoms with Crippen LogP contribution in [0.4, 0.5) is 5.69 Å². The van der Waals surface area contributed by atoms with Crippen molar-refractivity contribution in [2.24, 2.45) is 0 Å². The van der Waals surface area contributed by atoms with Gasteiger partial charge in [-0.2, -0.15) is 0 Å². The summed E-state index contributed by atoms with van der Waals surface area (Å²) >= 11 is 0. The molecule has 1 saturated heterocycles. The molecule has 3 aromatic rings. The van der Waals surface area contributed by atoms with Crippen LogP contribution in [0.3, 0.4) is 0 Å². The van der Waals surface area contributed by atoms with Crippen LogP contribution in [0.15, 0.2) is 51.7 Å². The van der Waals surface area contributed by atoms with Crippen molar-refractivity contribution < 1.29 is 18.7 Å². The molecule has 0 spiro atoms. The molecule has 1 aromatic heterocycles. The first-order chi connectivity index (χ1) is 12.7. The van der Waals surface area contributed by atoms with Crippen LogP contribution in [0.1, 0.15) is 23.2 Å². The van der Waals surface area contributed by atoms with Crippen LogP contribution >= 0.6 is 0 Å². The van der Waals surface area contributed by atoms with Crippen molar-refractivity contribution in [1.29, 1.82) is 0 Å². The number of carbonyl (C=O) groups excluding carboxylic acids is 1. The molecule has 2 aromatic carbocycles. The smallest absolute Gasteiger partial charge is 0.417 e. The summed E-state index contributed by atoms with van der Waals surface area (Å²) in [6, 6.07) is 12.0. The largest absolute Gasteiger partial charge is 0.490 e. The van der Waals surface area contributed by atoms with Crippen molar-refractivity contribution in [3.8, 4) is 5.75 Å². The Morgan fingerprint density at radius 3 is 3.00 bits per heavy atom. The molecule has 2 N–H and O–H groups in total. The van der Waals surface area contributed by atoms with Gasteiger partial charge in [0.25, 0.3) is 5.91 Å². The lowest BCUT2D eigenvalue weighted by Gasteiger charge is -2.14. The molecule has 0 radical (unpaired) electrons. The summed E-state index contributed by atoms with van der Waals surface area (Å²) in [5, 5.41) is 2.81. The molecule has 2 heterocycles. The first-order valence-electron chi connectivity index (χ1n) is 8.47. The first kappa shape index (κ1) is 16.4. The fraction of sp³-hybridized carbons (Fsp3) is 0.263. The third-order valence-electron chi connectivity index (χ3n) is 4.26. The third kappa shape index (κ3) is 3.48. The van der Waals surface area contributed by atoms with Crippen molar-refractivity contribution in [3.05, 3.63) is 58.6 Å². The van der Waals surface area contributed by atoms with Crippen molar-refractivity contribution in [1.82, 2.24) is 4.98 Å². The maximum absolute atomic E-state index is 12.7. The molecule has 4 rings (SSSR count). The fourth-order valence-electron chi connectivity index (χ4n) is 2.97. The van der Waals surface area contributed by atoms with Gasteiger partial charge in [-0.1, -0.05) is 12.1 Å². The number of aromatic amines is 1. The number of nitrogens with one attached hydrogen (secondary N) is 2. The van der Waals surface area contributed by atoms with E-state index in [4.69, 9.17) is 13.9 Å². The van der Waals surface area contributed by atoms with E-state index in [1.54, 1.807) is 36.4 Å².